The molecule has 0 fully saturated rings. The Hall–Kier alpha value is -9.68. The largest absolute Gasteiger partial charge is 0.417 e. The first-order valence-electron chi connectivity index (χ1n) is 20.8. The second-order valence-corrected chi connectivity index (χ2v) is 15.6. The van der Waals surface area contributed by atoms with Crippen LogP contribution in [0.15, 0.2) is 176 Å². The molecule has 0 aliphatic rings. The van der Waals surface area contributed by atoms with Crippen LogP contribution in [0.1, 0.15) is 27.8 Å². The topological polar surface area (TPSA) is 139 Å². The molecule has 0 saturated carbocycles. The second kappa shape index (κ2) is 16.8. The summed E-state index contributed by atoms with van der Waals surface area (Å²) in [5.74, 6) is 1.06. The first-order chi connectivity index (χ1) is 32.6. The summed E-state index contributed by atoms with van der Waals surface area (Å²) in [4.78, 5) is 15.0. The van der Waals surface area contributed by atoms with E-state index in [1.165, 1.54) is 24.3 Å². The van der Waals surface area contributed by atoms with Gasteiger partial charge in [0.05, 0.1) is 68.8 Å². The summed E-state index contributed by atoms with van der Waals surface area (Å²) in [6, 6.07) is 59.3. The monoisotopic (exact) mass is 870 g/mol. The normalized spacial score (nSPS) is 11.1. The van der Waals surface area contributed by atoms with Gasteiger partial charge in [0.1, 0.15) is 0 Å². The van der Waals surface area contributed by atoms with Crippen LogP contribution in [0.25, 0.3) is 95.0 Å². The van der Waals surface area contributed by atoms with E-state index >= 15 is 0 Å². The van der Waals surface area contributed by atoms with Crippen LogP contribution >= 0.6 is 0 Å². The number of benzene rings is 8. The predicted molar refractivity (Wildman–Crippen MR) is 251 cm³/mol. The van der Waals surface area contributed by atoms with Gasteiger partial charge in [0.15, 0.2) is 17.5 Å². The van der Waals surface area contributed by atoms with Gasteiger partial charge in [-0.05, 0) is 100 Å². The highest BCUT2D eigenvalue weighted by molar-refractivity contribution is 6.12. The molecule has 67 heavy (non-hydrogen) atoms. The summed E-state index contributed by atoms with van der Waals surface area (Å²) >= 11 is 0. The van der Waals surface area contributed by atoms with Crippen molar-refractivity contribution in [3.8, 4) is 97.5 Å². The minimum absolute atomic E-state index is 0.0200. The Kier molecular flexibility index (Phi) is 10.4. The maximum atomic E-state index is 14.7. The number of halogens is 3. The molecule has 0 amide bonds. The Morgan fingerprint density at radius 2 is 0.836 bits per heavy atom. The van der Waals surface area contributed by atoms with Crippen molar-refractivity contribution in [2.24, 2.45) is 0 Å². The van der Waals surface area contributed by atoms with Crippen LogP contribution in [0.4, 0.5) is 13.2 Å². The standard InChI is InChI=1S/C56H29F3N8/c57-56(58,59)49-14-8-7-13-45(49)40-17-22-46(55-65-53(36-9-3-1-4-10-36)64-54(66-55)37-11-5-2-6-12-37)52(29-40)67-50-23-18-38(43-20-15-34(30-60)25-41(43)32-62)27-47(50)48-28-39(19-24-51(48)67)44-21-16-35(31-61)26-42(44)33-63/h1-29H. The number of hydrogen-bond acceptors (Lipinski definition) is 7. The quantitative estimate of drug-likeness (QED) is 0.155. The molecule has 0 saturated heterocycles. The number of fused-ring (bicyclic) bond motifs is 3. The molecule has 0 spiro atoms. The van der Waals surface area contributed by atoms with Crippen LogP contribution < -0.4 is 0 Å². The van der Waals surface area contributed by atoms with E-state index in [0.717, 1.165) is 17.2 Å². The molecule has 8 aromatic carbocycles. The lowest BCUT2D eigenvalue weighted by molar-refractivity contribution is -0.137. The third-order valence-corrected chi connectivity index (χ3v) is 11.6. The van der Waals surface area contributed by atoms with Crippen LogP contribution in [0.2, 0.25) is 0 Å². The van der Waals surface area contributed by atoms with Crippen molar-refractivity contribution in [3.63, 3.8) is 0 Å². The predicted octanol–water partition coefficient (Wildman–Crippen LogP) is 13.5. The Morgan fingerprint density at radius 3 is 1.33 bits per heavy atom. The fraction of sp³-hybridized carbons (Fsp3) is 0.0179. The zero-order valence-corrected chi connectivity index (χ0v) is 35.0. The minimum atomic E-state index is -4.65. The van der Waals surface area contributed by atoms with Gasteiger partial charge in [-0.2, -0.15) is 34.2 Å². The molecule has 10 aromatic rings. The van der Waals surface area contributed by atoms with E-state index in [2.05, 4.69) is 24.3 Å². The van der Waals surface area contributed by atoms with E-state index < -0.39 is 11.7 Å². The smallest absolute Gasteiger partial charge is 0.308 e. The third kappa shape index (κ3) is 7.55. The molecule has 2 heterocycles. The van der Waals surface area contributed by atoms with Crippen molar-refractivity contribution in [1.29, 1.82) is 21.0 Å². The molecule has 10 rings (SSSR count). The Morgan fingerprint density at radius 1 is 0.388 bits per heavy atom. The number of alkyl halides is 3. The summed E-state index contributed by atoms with van der Waals surface area (Å²) in [6.07, 6.45) is -4.65. The molecular weight excluding hydrogens is 842 g/mol. The maximum absolute atomic E-state index is 14.7. The van der Waals surface area contributed by atoms with Crippen molar-refractivity contribution >= 4 is 21.8 Å². The Bertz CT molecular complexity index is 3600. The molecule has 0 aliphatic carbocycles. The van der Waals surface area contributed by atoms with E-state index in [0.29, 0.717) is 94.8 Å². The highest BCUT2D eigenvalue weighted by atomic mass is 19.4. The van der Waals surface area contributed by atoms with Crippen molar-refractivity contribution < 1.29 is 13.2 Å². The fourth-order valence-electron chi connectivity index (χ4n) is 8.52. The summed E-state index contributed by atoms with van der Waals surface area (Å²) in [5.41, 5.74) is 7.04. The third-order valence-electron chi connectivity index (χ3n) is 11.6. The second-order valence-electron chi connectivity index (χ2n) is 15.6. The van der Waals surface area contributed by atoms with Crippen molar-refractivity contribution in [1.82, 2.24) is 19.5 Å². The van der Waals surface area contributed by atoms with E-state index in [1.54, 1.807) is 48.5 Å². The molecule has 2 aromatic heterocycles. The number of nitriles is 4. The van der Waals surface area contributed by atoms with Crippen molar-refractivity contribution in [2.75, 3.05) is 0 Å². The van der Waals surface area contributed by atoms with Gasteiger partial charge < -0.3 is 4.57 Å². The minimum Gasteiger partial charge on any atom is -0.308 e. The van der Waals surface area contributed by atoms with E-state index in [1.807, 2.05) is 102 Å². The van der Waals surface area contributed by atoms with Gasteiger partial charge in [-0.15, -0.1) is 0 Å². The van der Waals surface area contributed by atoms with Gasteiger partial charge in [-0.3, -0.25) is 0 Å². The average Bonchev–Trinajstić information content (AvgIpc) is 3.70. The zero-order valence-electron chi connectivity index (χ0n) is 35.0. The summed E-state index contributed by atoms with van der Waals surface area (Å²) in [5, 5.41) is 41.1. The van der Waals surface area contributed by atoms with E-state index in [4.69, 9.17) is 15.0 Å². The lowest BCUT2D eigenvalue weighted by Crippen LogP contribution is -2.07. The van der Waals surface area contributed by atoms with Crippen molar-refractivity contribution in [3.05, 3.63) is 204 Å². The molecule has 0 atom stereocenters. The van der Waals surface area contributed by atoms with Crippen LogP contribution in [-0.4, -0.2) is 19.5 Å². The summed E-state index contributed by atoms with van der Waals surface area (Å²) in [6.45, 7) is 0. The SMILES string of the molecule is N#Cc1ccc(-c2ccc3c(c2)c2cc(-c4ccc(C#N)cc4C#N)ccc2n3-c2cc(-c3ccccc3C(F)(F)F)ccc2-c2nc(-c3ccccc3)nc(-c3ccccc3)n2)c(C#N)c1. The van der Waals surface area contributed by atoms with Crippen LogP contribution in [0.5, 0.6) is 0 Å². The van der Waals surface area contributed by atoms with Crippen LogP contribution in [0, 0.1) is 45.3 Å². The molecule has 0 N–H and O–H groups in total. The van der Waals surface area contributed by atoms with Crippen LogP contribution in [0.3, 0.4) is 0 Å². The fourth-order valence-corrected chi connectivity index (χ4v) is 8.52. The van der Waals surface area contributed by atoms with E-state index in [-0.39, 0.29) is 11.4 Å². The molecule has 0 bridgehead atoms. The first kappa shape index (κ1) is 41.3. The van der Waals surface area contributed by atoms with Gasteiger partial charge >= 0.3 is 6.18 Å². The number of nitrogens with zero attached hydrogens (tertiary/aromatic N) is 8. The van der Waals surface area contributed by atoms with Crippen molar-refractivity contribution in [2.45, 2.75) is 6.18 Å². The molecule has 314 valence electrons. The summed E-state index contributed by atoms with van der Waals surface area (Å²) < 4.78 is 46.1. The molecule has 0 unspecified atom stereocenters. The highest BCUT2D eigenvalue weighted by Gasteiger charge is 2.34. The molecule has 8 nitrogen and oxygen atoms in total. The van der Waals surface area contributed by atoms with Gasteiger partial charge in [-0.25, -0.2) is 15.0 Å². The maximum Gasteiger partial charge on any atom is 0.417 e. The van der Waals surface area contributed by atoms with E-state index in [9.17, 15) is 34.2 Å². The lowest BCUT2D eigenvalue weighted by Gasteiger charge is -2.18. The number of hydrogen-bond donors (Lipinski definition) is 0. The molecule has 0 aliphatic heterocycles. The van der Waals surface area contributed by atoms with Crippen LogP contribution in [-0.2, 0) is 6.18 Å². The average molecular weight is 871 g/mol. The number of aromatic nitrogens is 4. The molecule has 0 radical (unpaired) electrons. The molecular formula is C56H29F3N8. The first-order valence-corrected chi connectivity index (χ1v) is 20.8. The summed E-state index contributed by atoms with van der Waals surface area (Å²) in [7, 11) is 0. The number of rotatable bonds is 7. The Labute approximate surface area is 381 Å². The van der Waals surface area contributed by atoms with Gasteiger partial charge in [0, 0.05) is 27.5 Å². The molecule has 11 heteroatoms. The van der Waals surface area contributed by atoms with Gasteiger partial charge in [-0.1, -0.05) is 109 Å². The lowest BCUT2D eigenvalue weighted by atomic mass is 9.95. The van der Waals surface area contributed by atoms with Gasteiger partial charge in [0.2, 0.25) is 0 Å². The zero-order chi connectivity index (χ0) is 46.2. The van der Waals surface area contributed by atoms with Gasteiger partial charge in [0.25, 0.3) is 0 Å². The highest BCUT2D eigenvalue weighted by Crippen LogP contribution is 2.43. The Balaban J connectivity index is 1.31.